The van der Waals surface area contributed by atoms with E-state index in [4.69, 9.17) is 4.74 Å². The molecule has 12 nitrogen and oxygen atoms in total. The van der Waals surface area contributed by atoms with E-state index in [1.54, 1.807) is 52.6 Å². The second-order valence-corrected chi connectivity index (χ2v) is 14.6. The van der Waals surface area contributed by atoms with Gasteiger partial charge < -0.3 is 24.4 Å². The first-order valence-corrected chi connectivity index (χ1v) is 18.6. The predicted octanol–water partition coefficient (Wildman–Crippen LogP) is 5.28. The Hall–Kier alpha value is -5.57. The number of hydrogen-bond donors (Lipinski definition) is 1. The summed E-state index contributed by atoms with van der Waals surface area (Å²) in [4.78, 5) is 53.4. The van der Waals surface area contributed by atoms with E-state index in [2.05, 4.69) is 20.4 Å². The number of imidazole rings is 1. The number of carbonyl (C=O) groups excluding carboxylic acids is 3. The first-order chi connectivity index (χ1) is 26.5. The standard InChI is InChI=1S/C40H41F3N8O4/c1-3-24-14-31-34(4-8-45-35(31)32(15-24)37(52)46-18-26-20-50(21-26)38(53)27-6-12-55-13-7-27)51-10-5-28-29(33-22-48(2)47-36(33)40(41,42)43)16-25(17-30(28)39(51)54)19-49-11-9-44-23-49/h4,8-9,11,14-17,22-23,26-27H,3,5-7,10,12-13,18-21H2,1-2H3,(H,46,52). The van der Waals surface area contributed by atoms with Crippen LogP contribution in [0.3, 0.4) is 0 Å². The first kappa shape index (κ1) is 36.4. The van der Waals surface area contributed by atoms with Crippen molar-refractivity contribution in [1.29, 1.82) is 0 Å². The van der Waals surface area contributed by atoms with Gasteiger partial charge in [-0.1, -0.05) is 6.92 Å². The fourth-order valence-corrected chi connectivity index (χ4v) is 8.04. The Morgan fingerprint density at radius 2 is 1.80 bits per heavy atom. The maximum Gasteiger partial charge on any atom is 0.435 e. The second kappa shape index (κ2) is 14.6. The molecule has 2 fully saturated rings. The third-order valence-electron chi connectivity index (χ3n) is 10.9. The van der Waals surface area contributed by atoms with Crippen LogP contribution in [0.2, 0.25) is 0 Å². The van der Waals surface area contributed by atoms with Gasteiger partial charge in [0.1, 0.15) is 0 Å². The second-order valence-electron chi connectivity index (χ2n) is 14.6. The number of rotatable bonds is 9. The molecule has 55 heavy (non-hydrogen) atoms. The lowest BCUT2D eigenvalue weighted by Crippen LogP contribution is -2.55. The van der Waals surface area contributed by atoms with E-state index in [-0.39, 0.29) is 54.6 Å². The van der Waals surface area contributed by atoms with Gasteiger partial charge >= 0.3 is 6.18 Å². The Bertz CT molecular complexity index is 2270. The topological polar surface area (TPSA) is 127 Å². The van der Waals surface area contributed by atoms with Crippen molar-refractivity contribution in [1.82, 2.24) is 34.5 Å². The van der Waals surface area contributed by atoms with Gasteiger partial charge in [0.2, 0.25) is 5.91 Å². The summed E-state index contributed by atoms with van der Waals surface area (Å²) in [6.45, 7) is 5.28. The average Bonchev–Trinajstić information content (AvgIpc) is 3.83. The van der Waals surface area contributed by atoms with Crippen LogP contribution in [0.25, 0.3) is 22.0 Å². The number of aryl methyl sites for hydroxylation is 2. The quantitative estimate of drug-likeness (QED) is 0.217. The van der Waals surface area contributed by atoms with Gasteiger partial charge in [-0.15, -0.1) is 0 Å². The molecule has 2 aromatic carbocycles. The number of amides is 3. The number of nitrogens with zero attached hydrogens (tertiary/aromatic N) is 7. The molecule has 5 aromatic rings. The number of anilines is 1. The van der Waals surface area contributed by atoms with Crippen molar-refractivity contribution in [3.8, 4) is 11.1 Å². The highest BCUT2D eigenvalue weighted by atomic mass is 19.4. The van der Waals surface area contributed by atoms with Gasteiger partial charge in [-0.2, -0.15) is 18.3 Å². The maximum atomic E-state index is 14.6. The molecule has 2 saturated heterocycles. The molecule has 1 N–H and O–H groups in total. The monoisotopic (exact) mass is 754 g/mol. The van der Waals surface area contributed by atoms with E-state index >= 15 is 0 Å². The minimum absolute atomic E-state index is 0.00260. The highest BCUT2D eigenvalue weighted by Gasteiger charge is 2.39. The molecule has 3 aliphatic rings. The number of nitrogens with one attached hydrogen (secondary N) is 1. The van der Waals surface area contributed by atoms with Gasteiger partial charge in [0.25, 0.3) is 11.8 Å². The summed E-state index contributed by atoms with van der Waals surface area (Å²) in [5.41, 5.74) is 2.94. The van der Waals surface area contributed by atoms with E-state index in [1.807, 2.05) is 24.0 Å². The summed E-state index contributed by atoms with van der Waals surface area (Å²) >= 11 is 0. The van der Waals surface area contributed by atoms with E-state index < -0.39 is 11.9 Å². The molecule has 3 aromatic heterocycles. The van der Waals surface area contributed by atoms with Crippen molar-refractivity contribution in [3.05, 3.63) is 95.0 Å². The summed E-state index contributed by atoms with van der Waals surface area (Å²) in [7, 11) is 1.44. The maximum absolute atomic E-state index is 14.6. The SMILES string of the molecule is CCc1cc(C(=O)NCC2CN(C(=O)C3CCOCC3)C2)c2nccc(N3CCc4c(cc(Cn5ccnc5)cc4-c4cn(C)nc4C(F)(F)F)C3=O)c2c1. The zero-order valence-corrected chi connectivity index (χ0v) is 30.6. The number of halogens is 3. The molecule has 6 heterocycles. The van der Waals surface area contributed by atoms with Crippen molar-refractivity contribution >= 4 is 34.3 Å². The van der Waals surface area contributed by atoms with Crippen LogP contribution >= 0.6 is 0 Å². The van der Waals surface area contributed by atoms with Gasteiger partial charge in [-0.05, 0) is 78.3 Å². The number of hydrogen-bond acceptors (Lipinski definition) is 7. The number of likely N-dealkylation sites (tertiary alicyclic amines) is 1. The molecule has 3 amide bonds. The largest absolute Gasteiger partial charge is 0.435 e. The van der Waals surface area contributed by atoms with Crippen LogP contribution in [0.1, 0.15) is 62.9 Å². The van der Waals surface area contributed by atoms with Crippen LogP contribution in [0.15, 0.2) is 61.4 Å². The Morgan fingerprint density at radius 3 is 2.53 bits per heavy atom. The lowest BCUT2D eigenvalue weighted by atomic mass is 9.87. The molecule has 0 unspecified atom stereocenters. The summed E-state index contributed by atoms with van der Waals surface area (Å²) in [5, 5.41) is 7.43. The number of aromatic nitrogens is 5. The molecule has 0 spiro atoms. The molecule has 0 saturated carbocycles. The minimum Gasteiger partial charge on any atom is -0.381 e. The van der Waals surface area contributed by atoms with Gasteiger partial charge in [0.15, 0.2) is 5.69 Å². The van der Waals surface area contributed by atoms with Gasteiger partial charge in [0, 0.05) is 106 Å². The van der Waals surface area contributed by atoms with Crippen molar-refractivity contribution in [2.24, 2.45) is 18.9 Å². The Kier molecular flexibility index (Phi) is 9.65. The van der Waals surface area contributed by atoms with Crippen molar-refractivity contribution in [2.75, 3.05) is 44.3 Å². The molecule has 0 atom stereocenters. The molecule has 8 rings (SSSR count). The summed E-state index contributed by atoms with van der Waals surface area (Å²) in [6.07, 6.45) is 5.58. The first-order valence-electron chi connectivity index (χ1n) is 18.6. The van der Waals surface area contributed by atoms with E-state index in [0.717, 1.165) is 23.1 Å². The number of ether oxygens (including phenoxy) is 1. The number of pyridine rings is 1. The fraction of sp³-hybridized carbons (Fsp3) is 0.400. The average molecular weight is 755 g/mol. The normalized spacial score (nSPS) is 16.7. The summed E-state index contributed by atoms with van der Waals surface area (Å²) in [6, 6.07) is 8.96. The van der Waals surface area contributed by atoms with Crippen LogP contribution in [-0.2, 0) is 42.1 Å². The highest BCUT2D eigenvalue weighted by Crippen LogP contribution is 2.41. The van der Waals surface area contributed by atoms with Crippen molar-refractivity contribution in [3.63, 3.8) is 0 Å². The molecular formula is C40H41F3N8O4. The minimum atomic E-state index is -4.70. The van der Waals surface area contributed by atoms with Crippen LogP contribution in [0.4, 0.5) is 18.9 Å². The fourth-order valence-electron chi connectivity index (χ4n) is 8.04. The molecule has 286 valence electrons. The number of fused-ring (bicyclic) bond motifs is 2. The molecule has 3 aliphatic heterocycles. The molecule has 0 aliphatic carbocycles. The van der Waals surface area contributed by atoms with E-state index in [9.17, 15) is 27.6 Å². The van der Waals surface area contributed by atoms with E-state index in [0.29, 0.717) is 83.7 Å². The van der Waals surface area contributed by atoms with Gasteiger partial charge in [0.05, 0.1) is 23.1 Å². The number of carbonyl (C=O) groups is 3. The zero-order valence-electron chi connectivity index (χ0n) is 30.6. The lowest BCUT2D eigenvalue weighted by molar-refractivity contribution is -0.145. The Labute approximate surface area is 315 Å². The molecule has 0 bridgehead atoms. The molecule has 15 heteroatoms. The Balaban J connectivity index is 1.09. The van der Waals surface area contributed by atoms with Crippen LogP contribution < -0.4 is 10.2 Å². The summed E-state index contributed by atoms with van der Waals surface area (Å²) in [5.74, 6) is -0.348. The van der Waals surface area contributed by atoms with Crippen molar-refractivity contribution < 1.29 is 32.3 Å². The predicted molar refractivity (Wildman–Crippen MR) is 197 cm³/mol. The van der Waals surface area contributed by atoms with Crippen LogP contribution in [0.5, 0.6) is 0 Å². The summed E-state index contributed by atoms with van der Waals surface area (Å²) < 4.78 is 51.1. The Morgan fingerprint density at radius 1 is 1.02 bits per heavy atom. The van der Waals surface area contributed by atoms with Gasteiger partial charge in [-0.25, -0.2) is 4.98 Å². The van der Waals surface area contributed by atoms with Crippen LogP contribution in [0, 0.1) is 11.8 Å². The third-order valence-corrected chi connectivity index (χ3v) is 10.9. The highest BCUT2D eigenvalue weighted by molar-refractivity contribution is 6.15. The van der Waals surface area contributed by atoms with E-state index in [1.165, 1.54) is 13.2 Å². The molecular weight excluding hydrogens is 713 g/mol. The number of alkyl halides is 3. The lowest BCUT2D eigenvalue weighted by Gasteiger charge is -2.41. The van der Waals surface area contributed by atoms with Crippen molar-refractivity contribution in [2.45, 2.75) is 45.3 Å². The number of benzene rings is 2. The zero-order chi connectivity index (χ0) is 38.4. The van der Waals surface area contributed by atoms with Crippen LogP contribution in [-0.4, -0.2) is 86.3 Å². The third kappa shape index (κ3) is 7.08. The smallest absolute Gasteiger partial charge is 0.381 e. The van der Waals surface area contributed by atoms with Gasteiger partial charge in [-0.3, -0.25) is 24.0 Å². The molecule has 0 radical (unpaired) electrons.